The monoisotopic (exact) mass is 346 g/mol. The number of nitrogens with two attached hydrogens (primary N) is 1. The minimum absolute atomic E-state index is 0.318. The van der Waals surface area contributed by atoms with E-state index < -0.39 is 0 Å². The second-order valence-corrected chi connectivity index (χ2v) is 6.88. The first-order chi connectivity index (χ1) is 11.5. The van der Waals surface area contributed by atoms with Crippen LogP contribution in [0.5, 0.6) is 0 Å². The summed E-state index contributed by atoms with van der Waals surface area (Å²) >= 11 is 6.22. The Balaban J connectivity index is 1.70. The molecule has 5 nitrogen and oxygen atoms in total. The van der Waals surface area contributed by atoms with Gasteiger partial charge in [0, 0.05) is 18.3 Å². The quantitative estimate of drug-likeness (QED) is 0.875. The molecule has 2 aromatic heterocycles. The number of nitrogens with one attached hydrogen (secondary N) is 1. The highest BCUT2D eigenvalue weighted by molar-refractivity contribution is 6.33. The first kappa shape index (κ1) is 17.0. The minimum atomic E-state index is 0.318. The van der Waals surface area contributed by atoms with E-state index in [2.05, 4.69) is 29.1 Å². The summed E-state index contributed by atoms with van der Waals surface area (Å²) in [5, 5.41) is 3.99. The Morgan fingerprint density at radius 3 is 2.79 bits per heavy atom. The average Bonchev–Trinajstić information content (AvgIpc) is 2.55. The van der Waals surface area contributed by atoms with E-state index in [0.717, 1.165) is 36.5 Å². The largest absolute Gasteiger partial charge is 0.384 e. The van der Waals surface area contributed by atoms with Crippen LogP contribution in [0.3, 0.4) is 0 Å². The number of hydrogen-bond acceptors (Lipinski definition) is 5. The zero-order chi connectivity index (χ0) is 17.1. The molecular formula is C18H23ClN4O. The van der Waals surface area contributed by atoms with Gasteiger partial charge in [-0.05, 0) is 50.8 Å². The van der Waals surface area contributed by atoms with E-state index in [-0.39, 0.29) is 0 Å². The standard InChI is InChI=1S/C18H23ClN4O/c1-11-6-13(7-12(2)24-11)9-22-18-5-3-4-16(23-18)14-8-17(20)21-10-15(14)19/h3-5,8,10-13H,6-7,9H2,1-2H3,(H2,20,21)(H,22,23). The first-order valence-electron chi connectivity index (χ1n) is 8.29. The lowest BCUT2D eigenvalue weighted by molar-refractivity contribution is -0.0495. The van der Waals surface area contributed by atoms with E-state index in [1.54, 1.807) is 12.3 Å². The Hall–Kier alpha value is -1.85. The molecule has 1 aliphatic rings. The number of hydrogen-bond donors (Lipinski definition) is 2. The number of nitrogens with zero attached hydrogens (tertiary/aromatic N) is 2. The van der Waals surface area contributed by atoms with Crippen LogP contribution in [0, 0.1) is 5.92 Å². The highest BCUT2D eigenvalue weighted by Gasteiger charge is 2.24. The third kappa shape index (κ3) is 4.16. The van der Waals surface area contributed by atoms with Gasteiger partial charge in [-0.25, -0.2) is 9.97 Å². The molecular weight excluding hydrogens is 324 g/mol. The maximum Gasteiger partial charge on any atom is 0.126 e. The molecule has 128 valence electrons. The highest BCUT2D eigenvalue weighted by atomic mass is 35.5. The van der Waals surface area contributed by atoms with Crippen molar-refractivity contribution in [3.05, 3.63) is 35.5 Å². The fourth-order valence-electron chi connectivity index (χ4n) is 3.29. The number of pyridine rings is 2. The predicted molar refractivity (Wildman–Crippen MR) is 98.1 cm³/mol. The number of halogens is 1. The van der Waals surface area contributed by atoms with Gasteiger partial charge in [0.25, 0.3) is 0 Å². The molecule has 0 saturated carbocycles. The zero-order valence-corrected chi connectivity index (χ0v) is 14.8. The first-order valence-corrected chi connectivity index (χ1v) is 8.67. The molecule has 1 saturated heterocycles. The van der Waals surface area contributed by atoms with Crippen molar-refractivity contribution in [2.75, 3.05) is 17.6 Å². The summed E-state index contributed by atoms with van der Waals surface area (Å²) in [5.41, 5.74) is 7.34. The Labute approximate surface area is 147 Å². The number of rotatable bonds is 4. The summed E-state index contributed by atoms with van der Waals surface area (Å²) in [5.74, 6) is 1.86. The summed E-state index contributed by atoms with van der Waals surface area (Å²) in [7, 11) is 0. The maximum absolute atomic E-state index is 6.22. The van der Waals surface area contributed by atoms with Gasteiger partial charge in [-0.15, -0.1) is 0 Å². The van der Waals surface area contributed by atoms with E-state index in [4.69, 9.17) is 22.1 Å². The van der Waals surface area contributed by atoms with Crippen LogP contribution in [0.2, 0.25) is 5.02 Å². The van der Waals surface area contributed by atoms with Gasteiger partial charge >= 0.3 is 0 Å². The topological polar surface area (TPSA) is 73.1 Å². The van der Waals surface area contributed by atoms with Gasteiger partial charge in [0.05, 0.1) is 22.9 Å². The third-order valence-electron chi connectivity index (χ3n) is 4.27. The molecule has 0 aliphatic carbocycles. The molecule has 24 heavy (non-hydrogen) atoms. The number of aromatic nitrogens is 2. The van der Waals surface area contributed by atoms with Gasteiger partial charge in [0.1, 0.15) is 11.6 Å². The van der Waals surface area contributed by atoms with Crippen molar-refractivity contribution in [1.82, 2.24) is 9.97 Å². The highest BCUT2D eigenvalue weighted by Crippen LogP contribution is 2.28. The molecule has 1 aliphatic heterocycles. The molecule has 0 bridgehead atoms. The second kappa shape index (κ2) is 7.36. The smallest absolute Gasteiger partial charge is 0.126 e. The summed E-state index contributed by atoms with van der Waals surface area (Å²) < 4.78 is 5.79. The van der Waals surface area contributed by atoms with Crippen LogP contribution in [-0.2, 0) is 4.74 Å². The van der Waals surface area contributed by atoms with Crippen molar-refractivity contribution in [1.29, 1.82) is 0 Å². The lowest BCUT2D eigenvalue weighted by Gasteiger charge is -2.32. The molecule has 0 aromatic carbocycles. The molecule has 1 fully saturated rings. The minimum Gasteiger partial charge on any atom is -0.384 e. The van der Waals surface area contributed by atoms with Gasteiger partial charge in [0.15, 0.2) is 0 Å². The average molecular weight is 347 g/mol. The molecule has 0 spiro atoms. The Morgan fingerprint density at radius 1 is 1.29 bits per heavy atom. The lowest BCUT2D eigenvalue weighted by atomic mass is 9.92. The number of nitrogen functional groups attached to an aromatic ring is 1. The Kier molecular flexibility index (Phi) is 5.21. The second-order valence-electron chi connectivity index (χ2n) is 6.47. The fraction of sp³-hybridized carbons (Fsp3) is 0.444. The summed E-state index contributed by atoms with van der Waals surface area (Å²) in [6.45, 7) is 5.16. The molecule has 3 N–H and O–H groups in total. The van der Waals surface area contributed by atoms with E-state index in [1.807, 2.05) is 18.2 Å². The van der Waals surface area contributed by atoms with Crippen LogP contribution < -0.4 is 11.1 Å². The third-order valence-corrected chi connectivity index (χ3v) is 4.57. The van der Waals surface area contributed by atoms with Crippen LogP contribution in [0.25, 0.3) is 11.3 Å². The number of anilines is 2. The SMILES string of the molecule is CC1CC(CNc2cccc(-c3cc(N)ncc3Cl)n2)CC(C)O1. The van der Waals surface area contributed by atoms with E-state index in [9.17, 15) is 0 Å². The van der Waals surface area contributed by atoms with Gasteiger partial charge in [-0.1, -0.05) is 17.7 Å². The van der Waals surface area contributed by atoms with Crippen LogP contribution in [-0.4, -0.2) is 28.7 Å². The van der Waals surface area contributed by atoms with Crippen molar-refractivity contribution in [3.63, 3.8) is 0 Å². The summed E-state index contributed by atoms with van der Waals surface area (Å²) in [6, 6.07) is 7.60. The van der Waals surface area contributed by atoms with Crippen LogP contribution in [0.4, 0.5) is 11.6 Å². The zero-order valence-electron chi connectivity index (χ0n) is 14.0. The Morgan fingerprint density at radius 2 is 2.04 bits per heavy atom. The lowest BCUT2D eigenvalue weighted by Crippen LogP contribution is -2.32. The van der Waals surface area contributed by atoms with Gasteiger partial charge in [-0.3, -0.25) is 0 Å². The van der Waals surface area contributed by atoms with E-state index in [0.29, 0.717) is 29.0 Å². The molecule has 0 radical (unpaired) electrons. The van der Waals surface area contributed by atoms with Crippen LogP contribution in [0.1, 0.15) is 26.7 Å². The molecule has 0 amide bonds. The molecule has 2 unspecified atom stereocenters. The molecule has 6 heteroatoms. The van der Waals surface area contributed by atoms with Crippen molar-refractivity contribution in [2.45, 2.75) is 38.9 Å². The molecule has 3 heterocycles. The molecule has 3 rings (SSSR count). The fourth-order valence-corrected chi connectivity index (χ4v) is 3.49. The van der Waals surface area contributed by atoms with E-state index >= 15 is 0 Å². The van der Waals surface area contributed by atoms with E-state index in [1.165, 1.54) is 0 Å². The van der Waals surface area contributed by atoms with Crippen molar-refractivity contribution < 1.29 is 4.74 Å². The molecule has 2 aromatic rings. The summed E-state index contributed by atoms with van der Waals surface area (Å²) in [6.07, 6.45) is 4.34. The predicted octanol–water partition coefficient (Wildman–Crippen LogP) is 3.99. The number of ether oxygens (including phenoxy) is 1. The Bertz CT molecular complexity index is 699. The molecule has 2 atom stereocenters. The van der Waals surface area contributed by atoms with Gasteiger partial charge in [-0.2, -0.15) is 0 Å². The normalized spacial score (nSPS) is 23.9. The van der Waals surface area contributed by atoms with Gasteiger partial charge < -0.3 is 15.8 Å². The van der Waals surface area contributed by atoms with Crippen molar-refractivity contribution in [2.24, 2.45) is 5.92 Å². The maximum atomic E-state index is 6.22. The van der Waals surface area contributed by atoms with Crippen LogP contribution in [0.15, 0.2) is 30.5 Å². The van der Waals surface area contributed by atoms with Crippen LogP contribution >= 0.6 is 11.6 Å². The summed E-state index contributed by atoms with van der Waals surface area (Å²) in [4.78, 5) is 8.65. The van der Waals surface area contributed by atoms with Crippen molar-refractivity contribution >= 4 is 23.2 Å². The van der Waals surface area contributed by atoms with Gasteiger partial charge in [0.2, 0.25) is 0 Å². The van der Waals surface area contributed by atoms with Crippen molar-refractivity contribution in [3.8, 4) is 11.3 Å².